The first kappa shape index (κ1) is 19.4. The van der Waals surface area contributed by atoms with Gasteiger partial charge in [0.2, 0.25) is 15.7 Å². The number of hydrogen-bond acceptors (Lipinski definition) is 4. The standard InChI is InChI=1S/C21H20ClNO3S/c1-21(2,3)15-7-9-16(10-8-15)27(24,25)17-11-12-18(22)19(14-17)26-20-6-4-5-13-23-20/h4-14H,1-3H3. The molecule has 0 saturated carbocycles. The molecule has 3 aromatic rings. The Hall–Kier alpha value is -2.37. The zero-order valence-electron chi connectivity index (χ0n) is 15.3. The highest BCUT2D eigenvalue weighted by Crippen LogP contribution is 2.33. The molecule has 0 fully saturated rings. The predicted molar refractivity (Wildman–Crippen MR) is 106 cm³/mol. The van der Waals surface area contributed by atoms with Crippen LogP contribution < -0.4 is 4.74 Å². The van der Waals surface area contributed by atoms with E-state index in [9.17, 15) is 8.42 Å². The number of rotatable bonds is 4. The van der Waals surface area contributed by atoms with E-state index in [0.29, 0.717) is 10.9 Å². The maximum atomic E-state index is 13.0. The largest absolute Gasteiger partial charge is 0.437 e. The molecular formula is C21H20ClNO3S. The highest BCUT2D eigenvalue weighted by molar-refractivity contribution is 7.91. The number of pyridine rings is 1. The van der Waals surface area contributed by atoms with Gasteiger partial charge < -0.3 is 4.74 Å². The number of halogens is 1. The number of ether oxygens (including phenoxy) is 1. The second kappa shape index (κ2) is 7.33. The molecule has 2 aromatic carbocycles. The molecule has 0 radical (unpaired) electrons. The van der Waals surface area contributed by atoms with Crippen molar-refractivity contribution in [3.63, 3.8) is 0 Å². The summed E-state index contributed by atoms with van der Waals surface area (Å²) in [6.07, 6.45) is 1.58. The van der Waals surface area contributed by atoms with Crippen LogP contribution in [0.2, 0.25) is 5.02 Å². The van der Waals surface area contributed by atoms with Crippen LogP contribution in [0, 0.1) is 0 Å². The van der Waals surface area contributed by atoms with E-state index >= 15 is 0 Å². The summed E-state index contributed by atoms with van der Waals surface area (Å²) >= 11 is 6.17. The molecule has 0 aliphatic rings. The zero-order valence-corrected chi connectivity index (χ0v) is 16.9. The van der Waals surface area contributed by atoms with Crippen molar-refractivity contribution in [2.75, 3.05) is 0 Å². The second-order valence-corrected chi connectivity index (χ2v) is 9.50. The molecule has 0 bridgehead atoms. The summed E-state index contributed by atoms with van der Waals surface area (Å²) in [4.78, 5) is 4.40. The van der Waals surface area contributed by atoms with Crippen molar-refractivity contribution in [2.24, 2.45) is 0 Å². The third kappa shape index (κ3) is 4.31. The van der Waals surface area contributed by atoms with Crippen LogP contribution in [0.15, 0.2) is 76.7 Å². The van der Waals surface area contributed by atoms with Gasteiger partial charge in [-0.25, -0.2) is 13.4 Å². The van der Waals surface area contributed by atoms with Crippen LogP contribution in [0.25, 0.3) is 0 Å². The minimum absolute atomic E-state index is 0.0493. The van der Waals surface area contributed by atoms with E-state index in [4.69, 9.17) is 16.3 Å². The SMILES string of the molecule is CC(C)(C)c1ccc(S(=O)(=O)c2ccc(Cl)c(Oc3ccccn3)c2)cc1. The van der Waals surface area contributed by atoms with E-state index in [2.05, 4.69) is 25.8 Å². The lowest BCUT2D eigenvalue weighted by Crippen LogP contribution is -2.11. The van der Waals surface area contributed by atoms with Gasteiger partial charge in [-0.1, -0.05) is 50.6 Å². The maximum absolute atomic E-state index is 13.0. The van der Waals surface area contributed by atoms with Crippen molar-refractivity contribution in [3.05, 3.63) is 77.4 Å². The van der Waals surface area contributed by atoms with E-state index in [1.54, 1.807) is 36.5 Å². The summed E-state index contributed by atoms with van der Waals surface area (Å²) in [5.74, 6) is 0.575. The van der Waals surface area contributed by atoms with E-state index < -0.39 is 9.84 Å². The molecule has 140 valence electrons. The molecule has 0 spiro atoms. The van der Waals surface area contributed by atoms with Gasteiger partial charge in [0.05, 0.1) is 14.8 Å². The second-order valence-electron chi connectivity index (χ2n) is 7.14. The molecule has 0 atom stereocenters. The molecule has 6 heteroatoms. The third-order valence-corrected chi connectivity index (χ3v) is 6.18. The minimum atomic E-state index is -3.69. The first-order valence-electron chi connectivity index (χ1n) is 8.42. The van der Waals surface area contributed by atoms with Crippen LogP contribution in [0.5, 0.6) is 11.6 Å². The Labute approximate surface area is 164 Å². The van der Waals surface area contributed by atoms with E-state index in [0.717, 1.165) is 5.56 Å². The molecule has 4 nitrogen and oxygen atoms in total. The van der Waals surface area contributed by atoms with Gasteiger partial charge in [-0.05, 0) is 41.3 Å². The normalized spacial score (nSPS) is 12.0. The topological polar surface area (TPSA) is 56.3 Å². The summed E-state index contributed by atoms with van der Waals surface area (Å²) in [5.41, 5.74) is 1.02. The highest BCUT2D eigenvalue weighted by Gasteiger charge is 2.21. The van der Waals surface area contributed by atoms with Gasteiger partial charge in [-0.2, -0.15) is 0 Å². The Morgan fingerprint density at radius 3 is 2.19 bits per heavy atom. The van der Waals surface area contributed by atoms with E-state index in [1.165, 1.54) is 18.2 Å². The quantitative estimate of drug-likeness (QED) is 0.566. The third-order valence-electron chi connectivity index (χ3n) is 4.10. The molecular weight excluding hydrogens is 382 g/mol. The average Bonchev–Trinajstić information content (AvgIpc) is 2.63. The van der Waals surface area contributed by atoms with Gasteiger partial charge in [0.25, 0.3) is 0 Å². The minimum Gasteiger partial charge on any atom is -0.437 e. The fourth-order valence-electron chi connectivity index (χ4n) is 2.52. The van der Waals surface area contributed by atoms with E-state index in [-0.39, 0.29) is 21.0 Å². The highest BCUT2D eigenvalue weighted by atomic mass is 35.5. The number of benzene rings is 2. The summed E-state index contributed by atoms with van der Waals surface area (Å²) in [7, 11) is -3.69. The van der Waals surface area contributed by atoms with Crippen LogP contribution in [-0.4, -0.2) is 13.4 Å². The summed E-state index contributed by atoms with van der Waals surface area (Å²) in [6.45, 7) is 6.24. The predicted octanol–water partition coefficient (Wildman–Crippen LogP) is 5.66. The molecule has 0 N–H and O–H groups in total. The number of hydrogen-bond donors (Lipinski definition) is 0. The monoisotopic (exact) mass is 401 g/mol. The number of sulfone groups is 1. The first-order chi connectivity index (χ1) is 12.7. The first-order valence-corrected chi connectivity index (χ1v) is 10.3. The Kier molecular flexibility index (Phi) is 5.27. The van der Waals surface area contributed by atoms with Crippen molar-refractivity contribution in [2.45, 2.75) is 36.0 Å². The van der Waals surface area contributed by atoms with Gasteiger partial charge >= 0.3 is 0 Å². The molecule has 3 rings (SSSR count). The fourth-order valence-corrected chi connectivity index (χ4v) is 3.95. The van der Waals surface area contributed by atoms with Crippen molar-refractivity contribution in [1.29, 1.82) is 0 Å². The maximum Gasteiger partial charge on any atom is 0.219 e. The Balaban J connectivity index is 1.96. The summed E-state index contributed by atoms with van der Waals surface area (Å²) in [6, 6.07) is 16.5. The molecule has 0 unspecified atom stereocenters. The number of nitrogens with zero attached hydrogens (tertiary/aromatic N) is 1. The molecule has 0 amide bonds. The van der Waals surface area contributed by atoms with Crippen LogP contribution >= 0.6 is 11.6 Å². The van der Waals surface area contributed by atoms with Gasteiger partial charge in [0, 0.05) is 18.3 Å². The fraction of sp³-hybridized carbons (Fsp3) is 0.190. The van der Waals surface area contributed by atoms with E-state index in [1.807, 2.05) is 12.1 Å². The van der Waals surface area contributed by atoms with Crippen molar-refractivity contribution < 1.29 is 13.2 Å². The van der Waals surface area contributed by atoms with Crippen LogP contribution in [0.1, 0.15) is 26.3 Å². The van der Waals surface area contributed by atoms with Gasteiger partial charge in [-0.3, -0.25) is 0 Å². The van der Waals surface area contributed by atoms with Crippen LogP contribution in [-0.2, 0) is 15.3 Å². The smallest absolute Gasteiger partial charge is 0.219 e. The lowest BCUT2D eigenvalue weighted by Gasteiger charge is -2.19. The zero-order chi connectivity index (χ0) is 19.7. The molecule has 0 saturated heterocycles. The molecule has 0 aliphatic carbocycles. The average molecular weight is 402 g/mol. The summed E-state index contributed by atoms with van der Waals surface area (Å²) < 4.78 is 31.6. The van der Waals surface area contributed by atoms with Gasteiger partial charge in [0.1, 0.15) is 5.75 Å². The number of aromatic nitrogens is 1. The summed E-state index contributed by atoms with van der Waals surface area (Å²) in [5, 5.41) is 0.308. The van der Waals surface area contributed by atoms with Gasteiger partial charge in [0.15, 0.2) is 0 Å². The molecule has 1 aromatic heterocycles. The van der Waals surface area contributed by atoms with Crippen molar-refractivity contribution in [3.8, 4) is 11.6 Å². The lowest BCUT2D eigenvalue weighted by molar-refractivity contribution is 0.461. The van der Waals surface area contributed by atoms with Crippen LogP contribution in [0.4, 0.5) is 0 Å². The Morgan fingerprint density at radius 1 is 0.926 bits per heavy atom. The molecule has 0 aliphatic heterocycles. The lowest BCUT2D eigenvalue weighted by atomic mass is 9.87. The van der Waals surface area contributed by atoms with Crippen LogP contribution in [0.3, 0.4) is 0 Å². The molecule has 27 heavy (non-hydrogen) atoms. The molecule has 1 heterocycles. The van der Waals surface area contributed by atoms with Crippen molar-refractivity contribution in [1.82, 2.24) is 4.98 Å². The Bertz CT molecular complexity index is 1040. The van der Waals surface area contributed by atoms with Gasteiger partial charge in [-0.15, -0.1) is 0 Å². The van der Waals surface area contributed by atoms with Crippen molar-refractivity contribution >= 4 is 21.4 Å². The Morgan fingerprint density at radius 2 is 1.59 bits per heavy atom.